The van der Waals surface area contributed by atoms with Gasteiger partial charge >= 0.3 is 0 Å². The van der Waals surface area contributed by atoms with Gasteiger partial charge in [0, 0.05) is 36.8 Å². The van der Waals surface area contributed by atoms with Crippen LogP contribution in [0.1, 0.15) is 41.2 Å². The fourth-order valence-electron chi connectivity index (χ4n) is 2.98. The second-order valence-electron chi connectivity index (χ2n) is 6.61. The molecule has 1 amide bonds. The molecular formula is C18H24ClFN4O. The van der Waals surface area contributed by atoms with Gasteiger partial charge in [0.1, 0.15) is 5.82 Å². The first-order valence-corrected chi connectivity index (χ1v) is 8.36. The van der Waals surface area contributed by atoms with Crippen LogP contribution < -0.4 is 10.6 Å². The van der Waals surface area contributed by atoms with Gasteiger partial charge in [-0.1, -0.05) is 26.0 Å². The lowest BCUT2D eigenvalue weighted by Gasteiger charge is -2.22. The Morgan fingerprint density at radius 3 is 2.72 bits per heavy atom. The largest absolute Gasteiger partial charge is 0.347 e. The van der Waals surface area contributed by atoms with Crippen LogP contribution in [0.2, 0.25) is 0 Å². The van der Waals surface area contributed by atoms with Gasteiger partial charge in [-0.25, -0.2) is 4.39 Å². The van der Waals surface area contributed by atoms with Gasteiger partial charge in [-0.05, 0) is 30.0 Å². The minimum absolute atomic E-state index is 0. The second-order valence-corrected chi connectivity index (χ2v) is 6.61. The van der Waals surface area contributed by atoms with E-state index in [4.69, 9.17) is 0 Å². The maximum Gasteiger partial charge on any atom is 0.272 e. The lowest BCUT2D eigenvalue weighted by atomic mass is 9.96. The Kier molecular flexibility index (Phi) is 6.56. The molecule has 136 valence electrons. The molecule has 1 atom stereocenters. The maximum absolute atomic E-state index is 13.1. The predicted molar refractivity (Wildman–Crippen MR) is 97.4 cm³/mol. The molecule has 0 saturated heterocycles. The van der Waals surface area contributed by atoms with E-state index in [0.717, 1.165) is 29.8 Å². The molecule has 25 heavy (non-hydrogen) atoms. The van der Waals surface area contributed by atoms with Crippen LogP contribution in [0, 0.1) is 11.7 Å². The van der Waals surface area contributed by atoms with Gasteiger partial charge in [0.2, 0.25) is 0 Å². The van der Waals surface area contributed by atoms with Gasteiger partial charge in [0.15, 0.2) is 5.69 Å². The van der Waals surface area contributed by atoms with Gasteiger partial charge in [-0.15, -0.1) is 12.4 Å². The van der Waals surface area contributed by atoms with Crippen molar-refractivity contribution in [3.63, 3.8) is 0 Å². The molecule has 5 nitrogen and oxygen atoms in total. The van der Waals surface area contributed by atoms with Crippen molar-refractivity contribution in [2.45, 2.75) is 39.3 Å². The first-order chi connectivity index (χ1) is 11.5. The van der Waals surface area contributed by atoms with E-state index in [1.807, 2.05) is 0 Å². The summed E-state index contributed by atoms with van der Waals surface area (Å²) in [6, 6.07) is 6.38. The number of aromatic nitrogens is 2. The van der Waals surface area contributed by atoms with Crippen molar-refractivity contribution in [2.75, 3.05) is 6.54 Å². The summed E-state index contributed by atoms with van der Waals surface area (Å²) in [5, 5.41) is 13.5. The van der Waals surface area contributed by atoms with Crippen molar-refractivity contribution in [2.24, 2.45) is 5.92 Å². The Balaban J connectivity index is 0.00000225. The number of benzene rings is 1. The summed E-state index contributed by atoms with van der Waals surface area (Å²) in [6.45, 7) is 5.69. The van der Waals surface area contributed by atoms with Crippen molar-refractivity contribution < 1.29 is 9.18 Å². The maximum atomic E-state index is 13.1. The third-order valence-electron chi connectivity index (χ3n) is 4.51. The van der Waals surface area contributed by atoms with Gasteiger partial charge in [0.05, 0.1) is 0 Å². The number of rotatable bonds is 5. The number of amides is 1. The summed E-state index contributed by atoms with van der Waals surface area (Å²) in [7, 11) is 0. The summed E-state index contributed by atoms with van der Waals surface area (Å²) < 4.78 is 13.1. The first kappa shape index (κ1) is 19.4. The number of carbonyl (C=O) groups excluding carboxylic acids is 1. The lowest BCUT2D eigenvalue weighted by molar-refractivity contribution is 0.0919. The van der Waals surface area contributed by atoms with Crippen LogP contribution in [0.25, 0.3) is 0 Å². The number of nitrogens with zero attached hydrogens (tertiary/aromatic N) is 1. The molecule has 1 aliphatic rings. The number of halogens is 2. The molecule has 3 rings (SSSR count). The molecule has 3 N–H and O–H groups in total. The molecule has 0 spiro atoms. The summed E-state index contributed by atoms with van der Waals surface area (Å²) in [5.41, 5.74) is 3.48. The molecule has 0 saturated carbocycles. The fraction of sp³-hybridized carbons (Fsp3) is 0.444. The summed E-state index contributed by atoms with van der Waals surface area (Å²) in [5.74, 6) is -0.150. The number of aromatic amines is 1. The van der Waals surface area contributed by atoms with Gasteiger partial charge in [-0.3, -0.25) is 9.89 Å². The van der Waals surface area contributed by atoms with E-state index in [1.165, 1.54) is 12.1 Å². The molecule has 7 heteroatoms. The highest BCUT2D eigenvalue weighted by Gasteiger charge is 2.24. The first-order valence-electron chi connectivity index (χ1n) is 8.36. The zero-order chi connectivity index (χ0) is 17.1. The van der Waals surface area contributed by atoms with E-state index in [0.29, 0.717) is 18.7 Å². The van der Waals surface area contributed by atoms with E-state index >= 15 is 0 Å². The van der Waals surface area contributed by atoms with Gasteiger partial charge in [0.25, 0.3) is 5.91 Å². The summed E-state index contributed by atoms with van der Waals surface area (Å²) in [4.78, 5) is 12.7. The zero-order valence-corrected chi connectivity index (χ0v) is 15.3. The van der Waals surface area contributed by atoms with Gasteiger partial charge in [-0.2, -0.15) is 5.10 Å². The van der Waals surface area contributed by atoms with Crippen molar-refractivity contribution in [1.29, 1.82) is 0 Å². The van der Waals surface area contributed by atoms with E-state index < -0.39 is 0 Å². The monoisotopic (exact) mass is 366 g/mol. The number of hydrogen-bond donors (Lipinski definition) is 3. The minimum atomic E-state index is -0.250. The van der Waals surface area contributed by atoms with Crippen LogP contribution in [-0.2, 0) is 19.4 Å². The highest BCUT2D eigenvalue weighted by Crippen LogP contribution is 2.17. The van der Waals surface area contributed by atoms with Crippen LogP contribution in [0.3, 0.4) is 0 Å². The van der Waals surface area contributed by atoms with Crippen LogP contribution in [-0.4, -0.2) is 28.7 Å². The Morgan fingerprint density at radius 2 is 2.04 bits per heavy atom. The number of nitrogens with one attached hydrogen (secondary N) is 3. The Bertz CT molecular complexity index is 714. The molecule has 2 heterocycles. The molecule has 2 aromatic rings. The second kappa shape index (κ2) is 8.45. The molecule has 1 aromatic carbocycles. The fourth-order valence-corrected chi connectivity index (χ4v) is 2.98. The quantitative estimate of drug-likeness (QED) is 0.761. The van der Waals surface area contributed by atoms with Crippen molar-refractivity contribution in [3.05, 3.63) is 52.6 Å². The molecule has 1 aliphatic heterocycles. The van der Waals surface area contributed by atoms with E-state index in [9.17, 15) is 9.18 Å². The normalized spacial score (nSPS) is 14.6. The molecule has 1 aromatic heterocycles. The standard InChI is InChI=1S/C18H23FN4O.ClH/c1-11(2)16(9-12-3-5-13(19)6-4-12)21-18(24)17-14-10-20-8-7-15(14)22-23-17;/h3-6,11,16,20H,7-10H2,1-2H3,(H,21,24)(H,22,23);1H. The SMILES string of the molecule is CC(C)C(Cc1ccc(F)cc1)NC(=O)c1n[nH]c2c1CNCC2.Cl. The number of hydrogen-bond acceptors (Lipinski definition) is 3. The number of fused-ring (bicyclic) bond motifs is 1. The highest BCUT2D eigenvalue weighted by molar-refractivity contribution is 5.94. The molecule has 0 fully saturated rings. The topological polar surface area (TPSA) is 69.8 Å². The van der Waals surface area contributed by atoms with Gasteiger partial charge < -0.3 is 10.6 Å². The Hall–Kier alpha value is -1.92. The molecule has 1 unspecified atom stereocenters. The average molecular weight is 367 g/mol. The lowest BCUT2D eigenvalue weighted by Crippen LogP contribution is -2.41. The minimum Gasteiger partial charge on any atom is -0.347 e. The highest BCUT2D eigenvalue weighted by atomic mass is 35.5. The third kappa shape index (κ3) is 4.58. The van der Waals surface area contributed by atoms with E-state index in [1.54, 1.807) is 12.1 Å². The Labute approximate surface area is 153 Å². The van der Waals surface area contributed by atoms with Crippen LogP contribution in [0.5, 0.6) is 0 Å². The predicted octanol–water partition coefficient (Wildman–Crippen LogP) is 2.61. The molecule has 0 radical (unpaired) electrons. The smallest absolute Gasteiger partial charge is 0.272 e. The molecular weight excluding hydrogens is 343 g/mol. The van der Waals surface area contributed by atoms with Crippen LogP contribution in [0.15, 0.2) is 24.3 Å². The molecule has 0 aliphatic carbocycles. The third-order valence-corrected chi connectivity index (χ3v) is 4.51. The van der Waals surface area contributed by atoms with E-state index in [2.05, 4.69) is 34.7 Å². The van der Waals surface area contributed by atoms with Crippen molar-refractivity contribution >= 4 is 18.3 Å². The molecule has 0 bridgehead atoms. The summed E-state index contributed by atoms with van der Waals surface area (Å²) in [6.07, 6.45) is 1.52. The Morgan fingerprint density at radius 1 is 1.32 bits per heavy atom. The summed E-state index contributed by atoms with van der Waals surface area (Å²) >= 11 is 0. The zero-order valence-electron chi connectivity index (χ0n) is 14.4. The number of carbonyl (C=O) groups is 1. The average Bonchev–Trinajstić information content (AvgIpc) is 3.00. The van der Waals surface area contributed by atoms with Crippen LogP contribution >= 0.6 is 12.4 Å². The van der Waals surface area contributed by atoms with Crippen molar-refractivity contribution in [1.82, 2.24) is 20.8 Å². The van der Waals surface area contributed by atoms with Crippen molar-refractivity contribution in [3.8, 4) is 0 Å². The van der Waals surface area contributed by atoms with E-state index in [-0.39, 0.29) is 36.1 Å². The van der Waals surface area contributed by atoms with Crippen LogP contribution in [0.4, 0.5) is 4.39 Å². The number of H-pyrrole nitrogens is 1.